The van der Waals surface area contributed by atoms with Gasteiger partial charge in [-0.05, 0) is 43.1 Å². The van der Waals surface area contributed by atoms with Gasteiger partial charge in [0.25, 0.3) is 0 Å². The van der Waals surface area contributed by atoms with Crippen molar-refractivity contribution in [3.8, 4) is 11.5 Å². The number of ether oxygens (including phenoxy) is 2. The van der Waals surface area contributed by atoms with Crippen LogP contribution in [0.5, 0.6) is 11.5 Å². The minimum absolute atomic E-state index is 0.646. The zero-order chi connectivity index (χ0) is 15.0. The molecule has 0 amide bonds. The maximum Gasteiger partial charge on any atom is 0.161 e. The molecule has 4 nitrogen and oxygen atoms in total. The second kappa shape index (κ2) is 8.82. The van der Waals surface area contributed by atoms with Crippen molar-refractivity contribution >= 4 is 0 Å². The van der Waals surface area contributed by atoms with Gasteiger partial charge in [-0.2, -0.15) is 0 Å². The van der Waals surface area contributed by atoms with E-state index in [2.05, 4.69) is 30.9 Å². The summed E-state index contributed by atoms with van der Waals surface area (Å²) in [6.45, 7) is 8.24. The molecule has 4 heteroatoms. The van der Waals surface area contributed by atoms with Gasteiger partial charge in [0.2, 0.25) is 0 Å². The zero-order valence-corrected chi connectivity index (χ0v) is 13.2. The minimum Gasteiger partial charge on any atom is -0.493 e. The Morgan fingerprint density at radius 3 is 2.40 bits per heavy atom. The standard InChI is InChI=1S/C16H28N2O2/c1-13(2)11-18(9-5-8-17)12-14-6-7-15(19-3)16(10-14)20-4/h6-7,10,13H,5,8-9,11-12,17H2,1-4H3. The van der Waals surface area contributed by atoms with Crippen LogP contribution in [0.3, 0.4) is 0 Å². The molecule has 0 aliphatic rings. The third-order valence-corrected chi connectivity index (χ3v) is 3.16. The Morgan fingerprint density at radius 1 is 1.15 bits per heavy atom. The van der Waals surface area contributed by atoms with Crippen LogP contribution in [0.1, 0.15) is 25.8 Å². The van der Waals surface area contributed by atoms with E-state index in [-0.39, 0.29) is 0 Å². The number of rotatable bonds is 9. The van der Waals surface area contributed by atoms with Gasteiger partial charge >= 0.3 is 0 Å². The molecule has 0 fully saturated rings. The quantitative estimate of drug-likeness (QED) is 0.755. The second-order valence-electron chi connectivity index (χ2n) is 5.46. The highest BCUT2D eigenvalue weighted by Gasteiger charge is 2.10. The Morgan fingerprint density at radius 2 is 1.85 bits per heavy atom. The third kappa shape index (κ3) is 5.39. The zero-order valence-electron chi connectivity index (χ0n) is 13.2. The largest absolute Gasteiger partial charge is 0.493 e. The van der Waals surface area contributed by atoms with E-state index < -0.39 is 0 Å². The molecule has 0 atom stereocenters. The molecule has 114 valence electrons. The summed E-state index contributed by atoms with van der Waals surface area (Å²) < 4.78 is 10.6. The smallest absolute Gasteiger partial charge is 0.161 e. The number of nitrogens with two attached hydrogens (primary N) is 1. The number of hydrogen-bond donors (Lipinski definition) is 1. The van der Waals surface area contributed by atoms with E-state index in [0.717, 1.165) is 44.1 Å². The molecule has 0 spiro atoms. The van der Waals surface area contributed by atoms with Crippen LogP contribution in [0.4, 0.5) is 0 Å². The van der Waals surface area contributed by atoms with Gasteiger partial charge in [-0.1, -0.05) is 19.9 Å². The van der Waals surface area contributed by atoms with Crippen LogP contribution in [0, 0.1) is 5.92 Å². The fourth-order valence-corrected chi connectivity index (χ4v) is 2.30. The summed E-state index contributed by atoms with van der Waals surface area (Å²) in [5.74, 6) is 2.20. The summed E-state index contributed by atoms with van der Waals surface area (Å²) in [6, 6.07) is 6.11. The Bertz CT molecular complexity index is 394. The van der Waals surface area contributed by atoms with Gasteiger partial charge in [0, 0.05) is 13.1 Å². The summed E-state index contributed by atoms with van der Waals surface area (Å²) in [4.78, 5) is 2.44. The van der Waals surface area contributed by atoms with Crippen LogP contribution in [0.25, 0.3) is 0 Å². The van der Waals surface area contributed by atoms with Crippen molar-refractivity contribution in [2.24, 2.45) is 11.7 Å². The molecule has 0 unspecified atom stereocenters. The van der Waals surface area contributed by atoms with E-state index in [4.69, 9.17) is 15.2 Å². The summed E-state index contributed by atoms with van der Waals surface area (Å²) >= 11 is 0. The van der Waals surface area contributed by atoms with E-state index in [9.17, 15) is 0 Å². The van der Waals surface area contributed by atoms with Gasteiger partial charge in [0.1, 0.15) is 0 Å². The summed E-state index contributed by atoms with van der Waals surface area (Å²) in [5.41, 5.74) is 6.86. The number of benzene rings is 1. The van der Waals surface area contributed by atoms with Crippen molar-refractivity contribution in [3.05, 3.63) is 23.8 Å². The fourth-order valence-electron chi connectivity index (χ4n) is 2.30. The van der Waals surface area contributed by atoms with Gasteiger partial charge in [0.15, 0.2) is 11.5 Å². The molecule has 0 saturated heterocycles. The highest BCUT2D eigenvalue weighted by atomic mass is 16.5. The van der Waals surface area contributed by atoms with Crippen LogP contribution >= 0.6 is 0 Å². The lowest BCUT2D eigenvalue weighted by atomic mass is 10.1. The SMILES string of the molecule is COc1ccc(CN(CCCN)CC(C)C)cc1OC. The monoisotopic (exact) mass is 280 g/mol. The lowest BCUT2D eigenvalue weighted by molar-refractivity contribution is 0.234. The van der Waals surface area contributed by atoms with Crippen molar-refractivity contribution in [3.63, 3.8) is 0 Å². The van der Waals surface area contributed by atoms with Gasteiger partial charge < -0.3 is 15.2 Å². The molecular weight excluding hydrogens is 252 g/mol. The molecule has 1 aromatic rings. The van der Waals surface area contributed by atoms with Crippen LogP contribution < -0.4 is 15.2 Å². The van der Waals surface area contributed by atoms with Crippen molar-refractivity contribution in [1.82, 2.24) is 4.90 Å². The Hall–Kier alpha value is -1.26. The molecule has 0 aromatic heterocycles. The highest BCUT2D eigenvalue weighted by molar-refractivity contribution is 5.42. The minimum atomic E-state index is 0.646. The summed E-state index contributed by atoms with van der Waals surface area (Å²) in [7, 11) is 3.33. The number of nitrogens with zero attached hydrogens (tertiary/aromatic N) is 1. The van der Waals surface area contributed by atoms with E-state index in [1.54, 1.807) is 14.2 Å². The van der Waals surface area contributed by atoms with E-state index in [1.807, 2.05) is 6.07 Å². The predicted octanol–water partition coefficient (Wildman–Crippen LogP) is 2.51. The maximum absolute atomic E-state index is 5.62. The molecular formula is C16H28N2O2. The molecule has 2 N–H and O–H groups in total. The fraction of sp³-hybridized carbons (Fsp3) is 0.625. The average molecular weight is 280 g/mol. The molecule has 20 heavy (non-hydrogen) atoms. The average Bonchev–Trinajstić information content (AvgIpc) is 2.44. The Balaban J connectivity index is 2.76. The summed E-state index contributed by atoms with van der Waals surface area (Å²) in [5, 5.41) is 0. The molecule has 1 rings (SSSR count). The van der Waals surface area contributed by atoms with Gasteiger partial charge in [-0.3, -0.25) is 4.90 Å². The van der Waals surface area contributed by atoms with Crippen LogP contribution in [0.2, 0.25) is 0 Å². The third-order valence-electron chi connectivity index (χ3n) is 3.16. The van der Waals surface area contributed by atoms with E-state index in [0.29, 0.717) is 5.92 Å². The molecule has 0 saturated carbocycles. The number of methoxy groups -OCH3 is 2. The van der Waals surface area contributed by atoms with E-state index in [1.165, 1.54) is 5.56 Å². The van der Waals surface area contributed by atoms with Gasteiger partial charge in [0.05, 0.1) is 14.2 Å². The molecule has 0 aliphatic heterocycles. The first kappa shape index (κ1) is 16.8. The lowest BCUT2D eigenvalue weighted by Crippen LogP contribution is -2.29. The Kier molecular flexibility index (Phi) is 7.41. The molecule has 0 radical (unpaired) electrons. The summed E-state index contributed by atoms with van der Waals surface area (Å²) in [6.07, 6.45) is 1.03. The first-order valence-corrected chi connectivity index (χ1v) is 7.24. The predicted molar refractivity (Wildman–Crippen MR) is 83.3 cm³/mol. The first-order valence-electron chi connectivity index (χ1n) is 7.24. The lowest BCUT2D eigenvalue weighted by Gasteiger charge is -2.24. The second-order valence-corrected chi connectivity index (χ2v) is 5.46. The molecule has 0 heterocycles. The topological polar surface area (TPSA) is 47.7 Å². The van der Waals surface area contributed by atoms with Crippen molar-refractivity contribution in [2.45, 2.75) is 26.8 Å². The maximum atomic E-state index is 5.62. The highest BCUT2D eigenvalue weighted by Crippen LogP contribution is 2.28. The van der Waals surface area contributed by atoms with E-state index >= 15 is 0 Å². The van der Waals surface area contributed by atoms with Crippen molar-refractivity contribution in [1.29, 1.82) is 0 Å². The normalized spacial score (nSPS) is 11.2. The van der Waals surface area contributed by atoms with Crippen molar-refractivity contribution < 1.29 is 9.47 Å². The van der Waals surface area contributed by atoms with Crippen LogP contribution in [-0.2, 0) is 6.54 Å². The van der Waals surface area contributed by atoms with Crippen molar-refractivity contribution in [2.75, 3.05) is 33.9 Å². The molecule has 1 aromatic carbocycles. The first-order chi connectivity index (χ1) is 9.60. The van der Waals surface area contributed by atoms with Crippen LogP contribution in [0.15, 0.2) is 18.2 Å². The number of hydrogen-bond acceptors (Lipinski definition) is 4. The van der Waals surface area contributed by atoms with Gasteiger partial charge in [-0.25, -0.2) is 0 Å². The Labute approximate surface area is 122 Å². The molecule has 0 bridgehead atoms. The molecule has 0 aliphatic carbocycles. The van der Waals surface area contributed by atoms with Crippen LogP contribution in [-0.4, -0.2) is 38.8 Å². The van der Waals surface area contributed by atoms with Gasteiger partial charge in [-0.15, -0.1) is 0 Å².